The zero-order chi connectivity index (χ0) is 10.7. The molecule has 1 aromatic carbocycles. The average molecular weight is 255 g/mol. The van der Waals surface area contributed by atoms with Crippen molar-refractivity contribution in [3.63, 3.8) is 0 Å². The molecule has 2 aromatic rings. The molecule has 1 heterocycles. The van der Waals surface area contributed by atoms with Crippen LogP contribution in [0.25, 0.3) is 10.9 Å². The second kappa shape index (κ2) is 4.60. The Labute approximate surface area is 93.1 Å². The topological polar surface area (TPSA) is 17.8 Å². The molecule has 0 saturated heterocycles. The van der Waals surface area contributed by atoms with Crippen molar-refractivity contribution in [3.8, 4) is 0 Å². The van der Waals surface area contributed by atoms with Gasteiger partial charge in [0.1, 0.15) is 0 Å². The molecule has 0 aliphatic rings. The van der Waals surface area contributed by atoms with Crippen molar-refractivity contribution in [3.05, 3.63) is 28.4 Å². The van der Waals surface area contributed by atoms with Crippen LogP contribution in [0.15, 0.2) is 22.8 Å². The largest absolute Gasteiger partial charge is 0.275 e. The van der Waals surface area contributed by atoms with Crippen LogP contribution < -0.4 is 0 Å². The maximum atomic E-state index is 4.35. The third-order valence-electron chi connectivity index (χ3n) is 1.88. The summed E-state index contributed by atoms with van der Waals surface area (Å²) < 4.78 is 2.95. The van der Waals surface area contributed by atoms with Gasteiger partial charge in [-0.1, -0.05) is 29.8 Å². The minimum absolute atomic E-state index is 1.08. The summed E-state index contributed by atoms with van der Waals surface area (Å²) in [4.78, 5) is 0. The van der Waals surface area contributed by atoms with E-state index in [1.54, 1.807) is 0 Å². The van der Waals surface area contributed by atoms with Crippen LogP contribution >= 0.6 is 15.9 Å². The summed E-state index contributed by atoms with van der Waals surface area (Å²) in [6.45, 7) is 6.07. The maximum Gasteiger partial charge on any atom is 0.0953 e. The summed E-state index contributed by atoms with van der Waals surface area (Å²) in [6, 6.07) is 4.16. The smallest absolute Gasteiger partial charge is 0.0953 e. The van der Waals surface area contributed by atoms with Crippen LogP contribution in [0.5, 0.6) is 0 Å². The molecule has 3 heteroatoms. The first-order chi connectivity index (χ1) is 6.66. The van der Waals surface area contributed by atoms with Gasteiger partial charge in [-0.05, 0) is 24.6 Å². The molecule has 0 atom stereocenters. The van der Waals surface area contributed by atoms with E-state index in [9.17, 15) is 0 Å². The van der Waals surface area contributed by atoms with E-state index in [4.69, 9.17) is 0 Å². The maximum absolute atomic E-state index is 4.35. The van der Waals surface area contributed by atoms with Gasteiger partial charge in [0.2, 0.25) is 0 Å². The Morgan fingerprint density at radius 3 is 2.57 bits per heavy atom. The first-order valence-corrected chi connectivity index (χ1v) is 5.55. The van der Waals surface area contributed by atoms with Gasteiger partial charge >= 0.3 is 0 Å². The van der Waals surface area contributed by atoms with Crippen LogP contribution in [-0.4, -0.2) is 9.78 Å². The predicted octanol–water partition coefficient (Wildman–Crippen LogP) is 3.67. The molecule has 0 fully saturated rings. The van der Waals surface area contributed by atoms with E-state index in [2.05, 4.69) is 40.1 Å². The molecule has 2 rings (SSSR count). The number of nitrogens with zero attached hydrogens (tertiary/aromatic N) is 2. The zero-order valence-electron chi connectivity index (χ0n) is 9.00. The molecule has 0 aliphatic heterocycles. The number of hydrogen-bond donors (Lipinski definition) is 0. The Kier molecular flexibility index (Phi) is 3.69. The highest BCUT2D eigenvalue weighted by Gasteiger charge is 2.02. The fraction of sp³-hybridized carbons (Fsp3) is 0.364. The quantitative estimate of drug-likeness (QED) is 0.702. The highest BCUT2D eigenvalue weighted by molar-refractivity contribution is 9.10. The molecule has 1 aromatic heterocycles. The Bertz CT molecular complexity index is 432. The fourth-order valence-electron chi connectivity index (χ4n) is 1.38. The van der Waals surface area contributed by atoms with Gasteiger partial charge in [0.15, 0.2) is 0 Å². The van der Waals surface area contributed by atoms with Crippen LogP contribution in [-0.2, 0) is 7.05 Å². The van der Waals surface area contributed by atoms with Gasteiger partial charge in [0.25, 0.3) is 0 Å². The molecular weight excluding hydrogens is 240 g/mol. The van der Waals surface area contributed by atoms with Gasteiger partial charge in [0, 0.05) is 23.1 Å². The van der Waals surface area contributed by atoms with E-state index in [1.807, 2.05) is 31.8 Å². The Balaban J connectivity index is 0.000000461. The van der Waals surface area contributed by atoms with Crippen molar-refractivity contribution in [2.24, 2.45) is 7.05 Å². The van der Waals surface area contributed by atoms with Crippen molar-refractivity contribution in [2.45, 2.75) is 20.8 Å². The lowest BCUT2D eigenvalue weighted by molar-refractivity contribution is 0.779. The highest BCUT2D eigenvalue weighted by atomic mass is 79.9. The second-order valence-electron chi connectivity index (χ2n) is 2.96. The average Bonchev–Trinajstić information content (AvgIpc) is 2.49. The standard InChI is InChI=1S/C9H9BrN2.C2H6/c1-6-3-8(10)4-7-5-12(2)11-9(6)7;1-2/h3-5H,1-2H3;1-2H3. The lowest BCUT2D eigenvalue weighted by atomic mass is 10.2. The van der Waals surface area contributed by atoms with Crippen LogP contribution in [0, 0.1) is 6.92 Å². The first-order valence-electron chi connectivity index (χ1n) is 4.76. The second-order valence-corrected chi connectivity index (χ2v) is 3.88. The molecule has 2 nitrogen and oxygen atoms in total. The van der Waals surface area contributed by atoms with E-state index in [0.717, 1.165) is 9.99 Å². The molecule has 0 aliphatic carbocycles. The third-order valence-corrected chi connectivity index (χ3v) is 2.34. The Morgan fingerprint density at radius 1 is 1.29 bits per heavy atom. The molecule has 0 unspecified atom stereocenters. The summed E-state index contributed by atoms with van der Waals surface area (Å²) >= 11 is 3.46. The summed E-state index contributed by atoms with van der Waals surface area (Å²) in [7, 11) is 1.94. The van der Waals surface area contributed by atoms with E-state index in [-0.39, 0.29) is 0 Å². The molecule has 0 bridgehead atoms. The Hall–Kier alpha value is -0.830. The lowest BCUT2D eigenvalue weighted by Gasteiger charge is -1.94. The van der Waals surface area contributed by atoms with Gasteiger partial charge in [-0.3, -0.25) is 4.68 Å². The van der Waals surface area contributed by atoms with E-state index >= 15 is 0 Å². The van der Waals surface area contributed by atoms with Gasteiger partial charge in [0.05, 0.1) is 5.52 Å². The molecule has 0 spiro atoms. The number of aryl methyl sites for hydroxylation is 2. The summed E-state index contributed by atoms with van der Waals surface area (Å²) in [5.74, 6) is 0. The predicted molar refractivity (Wildman–Crippen MR) is 64.5 cm³/mol. The SMILES string of the molecule is CC.Cc1cc(Br)cc2cn(C)nc12. The highest BCUT2D eigenvalue weighted by Crippen LogP contribution is 2.21. The third kappa shape index (κ3) is 2.15. The molecule has 0 amide bonds. The monoisotopic (exact) mass is 254 g/mol. The van der Waals surface area contributed by atoms with Crippen LogP contribution in [0.1, 0.15) is 19.4 Å². The van der Waals surface area contributed by atoms with E-state index in [1.165, 1.54) is 10.9 Å². The van der Waals surface area contributed by atoms with Crippen LogP contribution in [0.3, 0.4) is 0 Å². The van der Waals surface area contributed by atoms with Crippen molar-refractivity contribution >= 4 is 26.8 Å². The van der Waals surface area contributed by atoms with Crippen LogP contribution in [0.2, 0.25) is 0 Å². The number of rotatable bonds is 0. The number of fused-ring (bicyclic) bond motifs is 1. The summed E-state index contributed by atoms with van der Waals surface area (Å²) in [5.41, 5.74) is 2.29. The van der Waals surface area contributed by atoms with Crippen molar-refractivity contribution in [1.82, 2.24) is 9.78 Å². The fourth-order valence-corrected chi connectivity index (χ4v) is 1.97. The van der Waals surface area contributed by atoms with Crippen molar-refractivity contribution in [2.75, 3.05) is 0 Å². The molecule has 0 radical (unpaired) electrons. The summed E-state index contributed by atoms with van der Waals surface area (Å²) in [5, 5.41) is 5.53. The molecule has 76 valence electrons. The minimum atomic E-state index is 1.08. The number of hydrogen-bond acceptors (Lipinski definition) is 1. The number of aromatic nitrogens is 2. The van der Waals surface area contributed by atoms with Gasteiger partial charge in [-0.2, -0.15) is 5.10 Å². The van der Waals surface area contributed by atoms with Crippen molar-refractivity contribution in [1.29, 1.82) is 0 Å². The molecular formula is C11H15BrN2. The van der Waals surface area contributed by atoms with E-state index in [0.29, 0.717) is 0 Å². The molecule has 14 heavy (non-hydrogen) atoms. The minimum Gasteiger partial charge on any atom is -0.275 e. The zero-order valence-corrected chi connectivity index (χ0v) is 10.6. The lowest BCUT2D eigenvalue weighted by Crippen LogP contribution is -1.85. The summed E-state index contributed by atoms with van der Waals surface area (Å²) in [6.07, 6.45) is 2.02. The van der Waals surface area contributed by atoms with Crippen molar-refractivity contribution < 1.29 is 0 Å². The Morgan fingerprint density at radius 2 is 1.93 bits per heavy atom. The van der Waals surface area contributed by atoms with Gasteiger partial charge in [-0.15, -0.1) is 0 Å². The molecule has 0 saturated carbocycles. The van der Waals surface area contributed by atoms with Crippen LogP contribution in [0.4, 0.5) is 0 Å². The molecule has 0 N–H and O–H groups in total. The number of benzene rings is 1. The normalized spacial score (nSPS) is 9.79. The van der Waals surface area contributed by atoms with Gasteiger partial charge < -0.3 is 0 Å². The first kappa shape index (κ1) is 11.2. The number of halogens is 1. The van der Waals surface area contributed by atoms with E-state index < -0.39 is 0 Å². The van der Waals surface area contributed by atoms with Gasteiger partial charge in [-0.25, -0.2) is 0 Å².